The summed E-state index contributed by atoms with van der Waals surface area (Å²) in [5.41, 5.74) is 0.750. The molecule has 0 saturated carbocycles. The monoisotopic (exact) mass is 289 g/mol. The normalized spacial score (nSPS) is 9.94. The van der Waals surface area contributed by atoms with Gasteiger partial charge in [0.05, 0.1) is 12.7 Å². The maximum absolute atomic E-state index is 11.5. The van der Waals surface area contributed by atoms with Crippen LogP contribution in [0.2, 0.25) is 5.02 Å². The molecule has 0 spiro atoms. The molecule has 0 unspecified atom stereocenters. The summed E-state index contributed by atoms with van der Waals surface area (Å²) in [6.45, 7) is 0. The minimum absolute atomic E-state index is 0.172. The largest absolute Gasteiger partial charge is 0.465 e. The number of ether oxygens (including phenoxy) is 1. The zero-order chi connectivity index (χ0) is 13.5. The fourth-order valence-electron chi connectivity index (χ4n) is 1.35. The molecule has 0 fully saturated rings. The number of hydrogen-bond donors (Lipinski definition) is 1. The molecule has 1 aromatic carbocycles. The van der Waals surface area contributed by atoms with Gasteiger partial charge in [0, 0.05) is 23.0 Å². The van der Waals surface area contributed by atoms with Gasteiger partial charge in [-0.3, -0.25) is 4.79 Å². The van der Waals surface area contributed by atoms with Crippen LogP contribution in [-0.4, -0.2) is 24.9 Å². The van der Waals surface area contributed by atoms with Crippen molar-refractivity contribution in [3.05, 3.63) is 28.8 Å². The third-order valence-corrected chi connectivity index (χ3v) is 2.63. The molecule has 1 amide bonds. The Bertz CT molecular complexity index is 449. The summed E-state index contributed by atoms with van der Waals surface area (Å²) in [6, 6.07) is 4.55. The van der Waals surface area contributed by atoms with E-state index in [1.807, 2.05) is 0 Å². The van der Waals surface area contributed by atoms with E-state index in [2.05, 4.69) is 10.1 Å². The summed E-state index contributed by atoms with van der Waals surface area (Å²) in [7, 11) is 1.28. The highest BCUT2D eigenvalue weighted by Crippen LogP contribution is 2.20. The first kappa shape index (κ1) is 14.8. The molecular weight excluding hydrogens is 277 g/mol. The molecule has 0 saturated heterocycles. The van der Waals surface area contributed by atoms with Crippen LogP contribution < -0.4 is 5.32 Å². The Balaban J connectivity index is 2.80. The summed E-state index contributed by atoms with van der Waals surface area (Å²) < 4.78 is 4.59. The molecule has 98 valence electrons. The number of anilines is 1. The van der Waals surface area contributed by atoms with Gasteiger partial charge in [-0.2, -0.15) is 0 Å². The van der Waals surface area contributed by atoms with E-state index < -0.39 is 5.97 Å². The van der Waals surface area contributed by atoms with Crippen LogP contribution in [0.15, 0.2) is 18.2 Å². The Hall–Kier alpha value is -1.26. The lowest BCUT2D eigenvalue weighted by molar-refractivity contribution is -0.116. The van der Waals surface area contributed by atoms with Crippen molar-refractivity contribution >= 4 is 40.8 Å². The Morgan fingerprint density at radius 1 is 1.33 bits per heavy atom. The first-order valence-electron chi connectivity index (χ1n) is 5.31. The van der Waals surface area contributed by atoms with Crippen LogP contribution >= 0.6 is 23.2 Å². The molecule has 0 aliphatic carbocycles. The first-order valence-corrected chi connectivity index (χ1v) is 6.22. The number of nitrogens with one attached hydrogen (secondary N) is 1. The summed E-state index contributed by atoms with van der Waals surface area (Å²) in [5, 5.41) is 3.00. The maximum Gasteiger partial charge on any atom is 0.337 e. The number of hydrogen-bond acceptors (Lipinski definition) is 3. The van der Waals surface area contributed by atoms with Crippen LogP contribution in [-0.2, 0) is 9.53 Å². The number of carbonyl (C=O) groups is 2. The quantitative estimate of drug-likeness (QED) is 0.669. The van der Waals surface area contributed by atoms with Gasteiger partial charge < -0.3 is 10.1 Å². The number of methoxy groups -OCH3 is 1. The zero-order valence-corrected chi connectivity index (χ0v) is 11.3. The van der Waals surface area contributed by atoms with Crippen molar-refractivity contribution in [2.24, 2.45) is 0 Å². The number of alkyl halides is 1. The Kier molecular flexibility index (Phi) is 5.95. The van der Waals surface area contributed by atoms with Crippen molar-refractivity contribution in [2.75, 3.05) is 18.3 Å². The van der Waals surface area contributed by atoms with Gasteiger partial charge in [0.2, 0.25) is 5.91 Å². The number of halogens is 2. The molecule has 6 heteroatoms. The molecule has 0 radical (unpaired) electrons. The van der Waals surface area contributed by atoms with Crippen LogP contribution in [0.25, 0.3) is 0 Å². The molecule has 0 aliphatic heterocycles. The highest BCUT2D eigenvalue weighted by molar-refractivity contribution is 6.31. The number of benzene rings is 1. The molecule has 0 aromatic heterocycles. The van der Waals surface area contributed by atoms with Crippen LogP contribution in [0, 0.1) is 0 Å². The average Bonchev–Trinajstić information content (AvgIpc) is 2.34. The Morgan fingerprint density at radius 2 is 2.06 bits per heavy atom. The van der Waals surface area contributed by atoms with Crippen LogP contribution in [0.3, 0.4) is 0 Å². The van der Waals surface area contributed by atoms with Gasteiger partial charge in [-0.15, -0.1) is 11.6 Å². The molecule has 0 aliphatic rings. The number of carbonyl (C=O) groups excluding carboxylic acids is 2. The highest BCUT2D eigenvalue weighted by Gasteiger charge is 2.09. The molecule has 1 rings (SSSR count). The summed E-state index contributed by atoms with van der Waals surface area (Å²) >= 11 is 11.4. The minimum atomic E-state index is -0.506. The standard InChI is InChI=1S/C12H13Cl2NO3/c1-18-12(17)8-5-9(14)7-10(6-8)15-11(16)3-2-4-13/h5-7H,2-4H2,1H3,(H,15,16). The number of amides is 1. The van der Waals surface area contributed by atoms with Gasteiger partial charge in [0.15, 0.2) is 0 Å². The van der Waals surface area contributed by atoms with Crippen molar-refractivity contribution in [2.45, 2.75) is 12.8 Å². The fraction of sp³-hybridized carbons (Fsp3) is 0.333. The molecule has 0 bridgehead atoms. The second-order valence-electron chi connectivity index (χ2n) is 3.56. The fourth-order valence-corrected chi connectivity index (χ4v) is 1.72. The molecule has 0 atom stereocenters. The van der Waals surface area contributed by atoms with E-state index in [9.17, 15) is 9.59 Å². The predicted molar refractivity (Wildman–Crippen MR) is 71.4 cm³/mol. The minimum Gasteiger partial charge on any atom is -0.465 e. The maximum atomic E-state index is 11.5. The van der Waals surface area contributed by atoms with E-state index in [4.69, 9.17) is 23.2 Å². The molecule has 0 heterocycles. The highest BCUT2D eigenvalue weighted by atomic mass is 35.5. The van der Waals surface area contributed by atoms with Crippen molar-refractivity contribution < 1.29 is 14.3 Å². The van der Waals surface area contributed by atoms with Gasteiger partial charge >= 0.3 is 5.97 Å². The van der Waals surface area contributed by atoms with E-state index in [-0.39, 0.29) is 11.5 Å². The van der Waals surface area contributed by atoms with Gasteiger partial charge in [0.1, 0.15) is 0 Å². The summed E-state index contributed by atoms with van der Waals surface area (Å²) in [6.07, 6.45) is 0.918. The number of esters is 1. The SMILES string of the molecule is COC(=O)c1cc(Cl)cc(NC(=O)CCCCl)c1. The second kappa shape index (κ2) is 7.24. The van der Waals surface area contributed by atoms with Crippen LogP contribution in [0.5, 0.6) is 0 Å². The van der Waals surface area contributed by atoms with Crippen molar-refractivity contribution in [1.29, 1.82) is 0 Å². The summed E-state index contributed by atoms with van der Waals surface area (Å²) in [5.74, 6) is -0.251. The van der Waals surface area contributed by atoms with Crippen molar-refractivity contribution in [3.63, 3.8) is 0 Å². The Morgan fingerprint density at radius 3 is 2.67 bits per heavy atom. The van der Waals surface area contributed by atoms with Gasteiger partial charge in [-0.1, -0.05) is 11.6 Å². The van der Waals surface area contributed by atoms with Gasteiger partial charge in [0.25, 0.3) is 0 Å². The zero-order valence-electron chi connectivity index (χ0n) is 9.83. The van der Waals surface area contributed by atoms with E-state index >= 15 is 0 Å². The Labute approximate surface area is 115 Å². The first-order chi connectivity index (χ1) is 8.56. The molecule has 4 nitrogen and oxygen atoms in total. The predicted octanol–water partition coefficient (Wildman–Crippen LogP) is 3.08. The third kappa shape index (κ3) is 4.55. The smallest absolute Gasteiger partial charge is 0.337 e. The lowest BCUT2D eigenvalue weighted by Crippen LogP contribution is -2.12. The summed E-state index contributed by atoms with van der Waals surface area (Å²) in [4.78, 5) is 22.9. The van der Waals surface area contributed by atoms with E-state index in [1.165, 1.54) is 19.2 Å². The average molecular weight is 290 g/mol. The molecule has 18 heavy (non-hydrogen) atoms. The van der Waals surface area contributed by atoms with Crippen molar-refractivity contribution in [3.8, 4) is 0 Å². The van der Waals surface area contributed by atoms with Gasteiger partial charge in [-0.25, -0.2) is 4.79 Å². The van der Waals surface area contributed by atoms with Crippen LogP contribution in [0.1, 0.15) is 23.2 Å². The molecule has 1 aromatic rings. The van der Waals surface area contributed by atoms with E-state index in [0.717, 1.165) is 0 Å². The third-order valence-electron chi connectivity index (χ3n) is 2.14. The topological polar surface area (TPSA) is 55.4 Å². The van der Waals surface area contributed by atoms with Crippen LogP contribution in [0.4, 0.5) is 5.69 Å². The second-order valence-corrected chi connectivity index (χ2v) is 4.38. The van der Waals surface area contributed by atoms with E-state index in [1.54, 1.807) is 6.07 Å². The number of rotatable bonds is 5. The van der Waals surface area contributed by atoms with Gasteiger partial charge in [-0.05, 0) is 24.6 Å². The lowest BCUT2D eigenvalue weighted by Gasteiger charge is -2.07. The molecule has 1 N–H and O–H groups in total. The van der Waals surface area contributed by atoms with E-state index in [0.29, 0.717) is 29.4 Å². The molecular formula is C12H13Cl2NO3. The lowest BCUT2D eigenvalue weighted by atomic mass is 10.2. The van der Waals surface area contributed by atoms with Crippen molar-refractivity contribution in [1.82, 2.24) is 0 Å².